The number of rotatable bonds is 8. The van der Waals surface area contributed by atoms with Gasteiger partial charge >= 0.3 is 24.5 Å². The van der Waals surface area contributed by atoms with Crippen molar-refractivity contribution in [2.24, 2.45) is 0 Å². The van der Waals surface area contributed by atoms with E-state index in [0.717, 1.165) is 10.5 Å². The Morgan fingerprint density at radius 1 is 0.949 bits per heavy atom. The van der Waals surface area contributed by atoms with Gasteiger partial charge in [-0.15, -0.1) is 0 Å². The Morgan fingerprint density at radius 2 is 1.56 bits per heavy atom. The molecule has 0 saturated heterocycles. The van der Waals surface area contributed by atoms with Crippen LogP contribution < -0.4 is 9.47 Å². The predicted octanol–water partition coefficient (Wildman–Crippen LogP) is 6.06. The Kier molecular flexibility index (Phi) is 9.05. The number of hydrogen-bond donors (Lipinski definition) is 0. The number of likely N-dealkylation sites (N-methyl/N-ethyl adjacent to an activating group) is 1. The zero-order valence-electron chi connectivity index (χ0n) is 21.5. The number of carbonyl (C=O) groups is 1. The highest BCUT2D eigenvalue weighted by Crippen LogP contribution is 2.37. The normalized spacial score (nSPS) is 12.0. The Morgan fingerprint density at radius 3 is 2.13 bits per heavy atom. The van der Waals surface area contributed by atoms with Crippen molar-refractivity contribution in [2.75, 3.05) is 34.3 Å². The van der Waals surface area contributed by atoms with Crippen LogP contribution in [0.5, 0.6) is 11.8 Å². The molecule has 1 amide bonds. The number of nitrogens with zero attached hydrogens (tertiary/aromatic N) is 4. The van der Waals surface area contributed by atoms with Gasteiger partial charge in [0.05, 0.1) is 17.3 Å². The molecule has 0 N–H and O–H groups in total. The second kappa shape index (κ2) is 11.9. The summed E-state index contributed by atoms with van der Waals surface area (Å²) in [4.78, 5) is 24.0. The molecule has 0 bridgehead atoms. The molecule has 39 heavy (non-hydrogen) atoms. The summed E-state index contributed by atoms with van der Waals surface area (Å²) in [6.45, 7) is 2.11. The largest absolute Gasteiger partial charge is 0.462 e. The number of hydrogen-bond acceptors (Lipinski definition) is 6. The third-order valence-electron chi connectivity index (χ3n) is 5.48. The molecule has 1 heterocycles. The summed E-state index contributed by atoms with van der Waals surface area (Å²) in [5, 5.41) is 0. The highest BCUT2D eigenvalue weighted by atomic mass is 19.4. The van der Waals surface area contributed by atoms with Gasteiger partial charge in [0.15, 0.2) is 5.75 Å². The van der Waals surface area contributed by atoms with E-state index < -0.39 is 36.1 Å². The number of amides is 1. The average molecular weight is 557 g/mol. The summed E-state index contributed by atoms with van der Waals surface area (Å²) in [5.41, 5.74) is -1.71. The molecular formula is C26H26F6N4O3. The van der Waals surface area contributed by atoms with E-state index >= 15 is 0 Å². The van der Waals surface area contributed by atoms with Crippen molar-refractivity contribution in [3.8, 4) is 23.0 Å². The zero-order valence-corrected chi connectivity index (χ0v) is 21.5. The first kappa shape index (κ1) is 29.7. The van der Waals surface area contributed by atoms with Crippen molar-refractivity contribution in [1.29, 1.82) is 0 Å². The minimum Gasteiger partial charge on any atom is -0.462 e. The summed E-state index contributed by atoms with van der Waals surface area (Å²) in [7, 11) is 4.92. The van der Waals surface area contributed by atoms with E-state index in [-0.39, 0.29) is 29.1 Å². The van der Waals surface area contributed by atoms with E-state index in [1.807, 2.05) is 32.0 Å². The Labute approximate surface area is 221 Å². The zero-order chi connectivity index (χ0) is 29.0. The number of aromatic nitrogens is 2. The van der Waals surface area contributed by atoms with Gasteiger partial charge in [-0.1, -0.05) is 24.3 Å². The maximum absolute atomic E-state index is 13.2. The molecular weight excluding hydrogens is 530 g/mol. The maximum Gasteiger partial charge on any atom is 0.416 e. The lowest BCUT2D eigenvalue weighted by Crippen LogP contribution is -2.30. The molecule has 2 aromatic carbocycles. The molecule has 0 fully saturated rings. The summed E-state index contributed by atoms with van der Waals surface area (Å²) in [6.07, 6.45) is -9.84. The smallest absolute Gasteiger partial charge is 0.416 e. The number of ether oxygens (including phenoxy) is 2. The van der Waals surface area contributed by atoms with Gasteiger partial charge in [0.25, 0.3) is 0 Å². The lowest BCUT2D eigenvalue weighted by atomic mass is 10.0. The number of aryl methyl sites for hydroxylation is 1. The standard InChI is InChI=1S/C26H26F6N4O3/c1-16-7-5-6-8-20(16)22-21(14-33-23(34-22)38-10-9-35(2)3)39-24(37)36(4)15-17-11-18(25(27,28)29)13-19(12-17)26(30,31)32/h5-8,11-14H,9-10,15H2,1-4H3. The molecule has 0 saturated carbocycles. The Balaban J connectivity index is 1.88. The molecule has 0 radical (unpaired) electrons. The van der Waals surface area contributed by atoms with Crippen LogP contribution in [-0.2, 0) is 18.9 Å². The summed E-state index contributed by atoms with van der Waals surface area (Å²) >= 11 is 0. The van der Waals surface area contributed by atoms with E-state index in [1.54, 1.807) is 18.2 Å². The first-order valence-electron chi connectivity index (χ1n) is 11.6. The molecule has 0 atom stereocenters. The van der Waals surface area contributed by atoms with E-state index in [1.165, 1.54) is 13.2 Å². The van der Waals surface area contributed by atoms with Gasteiger partial charge in [0.1, 0.15) is 12.3 Å². The van der Waals surface area contributed by atoms with Crippen molar-refractivity contribution in [3.05, 3.63) is 70.9 Å². The SMILES string of the molecule is Cc1ccccc1-c1nc(OCCN(C)C)ncc1OC(=O)N(C)Cc1cc(C(F)(F)F)cc(C(F)(F)F)c1. The van der Waals surface area contributed by atoms with E-state index in [2.05, 4.69) is 9.97 Å². The first-order valence-corrected chi connectivity index (χ1v) is 11.6. The monoisotopic (exact) mass is 556 g/mol. The molecule has 13 heteroatoms. The van der Waals surface area contributed by atoms with Crippen LogP contribution in [0.1, 0.15) is 22.3 Å². The molecule has 210 valence electrons. The Bertz CT molecular complexity index is 1280. The van der Waals surface area contributed by atoms with Crippen molar-refractivity contribution in [2.45, 2.75) is 25.8 Å². The Hall–Kier alpha value is -3.87. The third-order valence-corrected chi connectivity index (χ3v) is 5.48. The predicted molar refractivity (Wildman–Crippen MR) is 130 cm³/mol. The van der Waals surface area contributed by atoms with Gasteiger partial charge in [-0.05, 0) is 50.3 Å². The second-order valence-electron chi connectivity index (χ2n) is 8.97. The third kappa shape index (κ3) is 8.06. The second-order valence-corrected chi connectivity index (χ2v) is 8.97. The van der Waals surface area contributed by atoms with Crippen LogP contribution in [0.4, 0.5) is 31.1 Å². The molecule has 0 unspecified atom stereocenters. The fraction of sp³-hybridized carbons (Fsp3) is 0.346. The average Bonchev–Trinajstić information content (AvgIpc) is 2.83. The van der Waals surface area contributed by atoms with Crippen LogP contribution >= 0.6 is 0 Å². The lowest BCUT2D eigenvalue weighted by molar-refractivity contribution is -0.143. The number of carbonyl (C=O) groups excluding carboxylic acids is 1. The molecule has 0 spiro atoms. The van der Waals surface area contributed by atoms with E-state index in [9.17, 15) is 31.1 Å². The van der Waals surface area contributed by atoms with Gasteiger partial charge in [-0.2, -0.15) is 36.3 Å². The van der Waals surface area contributed by atoms with E-state index in [4.69, 9.17) is 9.47 Å². The van der Waals surface area contributed by atoms with Crippen molar-refractivity contribution in [3.63, 3.8) is 0 Å². The fourth-order valence-corrected chi connectivity index (χ4v) is 3.47. The highest BCUT2D eigenvalue weighted by Gasteiger charge is 2.37. The van der Waals surface area contributed by atoms with Gasteiger partial charge in [0, 0.05) is 25.7 Å². The molecule has 0 aliphatic rings. The minimum absolute atomic E-state index is 0.0236. The molecule has 3 aromatic rings. The van der Waals surface area contributed by atoms with Crippen LogP contribution in [-0.4, -0.2) is 60.2 Å². The fourth-order valence-electron chi connectivity index (χ4n) is 3.47. The van der Waals surface area contributed by atoms with Crippen molar-refractivity contribution in [1.82, 2.24) is 19.8 Å². The summed E-state index contributed by atoms with van der Waals surface area (Å²) in [6, 6.07) is 8.28. The molecule has 1 aromatic heterocycles. The van der Waals surface area contributed by atoms with Crippen LogP contribution in [0.2, 0.25) is 0 Å². The summed E-state index contributed by atoms with van der Waals surface area (Å²) in [5.74, 6) is -0.0684. The maximum atomic E-state index is 13.2. The van der Waals surface area contributed by atoms with Crippen LogP contribution in [0.15, 0.2) is 48.7 Å². The van der Waals surface area contributed by atoms with Gasteiger partial charge in [-0.3, -0.25) is 0 Å². The minimum atomic E-state index is -5.01. The topological polar surface area (TPSA) is 67.8 Å². The first-order chi connectivity index (χ1) is 18.1. The van der Waals surface area contributed by atoms with Gasteiger partial charge < -0.3 is 19.3 Å². The molecule has 0 aliphatic heterocycles. The van der Waals surface area contributed by atoms with Gasteiger partial charge in [0.2, 0.25) is 0 Å². The van der Waals surface area contributed by atoms with Crippen LogP contribution in [0, 0.1) is 6.92 Å². The number of benzene rings is 2. The number of halogens is 6. The van der Waals surface area contributed by atoms with E-state index in [0.29, 0.717) is 30.8 Å². The summed E-state index contributed by atoms with van der Waals surface area (Å²) < 4.78 is 90.3. The quantitative estimate of drug-likeness (QED) is 0.314. The molecule has 7 nitrogen and oxygen atoms in total. The molecule has 3 rings (SSSR count). The molecule has 0 aliphatic carbocycles. The van der Waals surface area contributed by atoms with Gasteiger partial charge in [-0.25, -0.2) is 4.79 Å². The van der Waals surface area contributed by atoms with Crippen LogP contribution in [0.25, 0.3) is 11.3 Å². The van der Waals surface area contributed by atoms with Crippen molar-refractivity contribution >= 4 is 6.09 Å². The lowest BCUT2D eigenvalue weighted by Gasteiger charge is -2.20. The number of alkyl halides is 6. The highest BCUT2D eigenvalue weighted by molar-refractivity contribution is 5.76. The van der Waals surface area contributed by atoms with Crippen LogP contribution in [0.3, 0.4) is 0 Å². The van der Waals surface area contributed by atoms with Crippen molar-refractivity contribution < 1.29 is 40.6 Å².